The summed E-state index contributed by atoms with van der Waals surface area (Å²) in [6.07, 6.45) is 2.83. The van der Waals surface area contributed by atoms with E-state index in [1.165, 1.54) is 12.1 Å². The molecule has 2 atom stereocenters. The molecule has 0 spiro atoms. The lowest BCUT2D eigenvalue weighted by molar-refractivity contribution is -0.147. The summed E-state index contributed by atoms with van der Waals surface area (Å²) in [4.78, 5) is 23.4. The molecule has 0 aromatic heterocycles. The molecule has 1 saturated carbocycles. The summed E-state index contributed by atoms with van der Waals surface area (Å²) in [5, 5.41) is 11.9. The molecule has 1 aliphatic rings. The molecular weight excluding hydrogens is 261 g/mol. The number of aryl methyl sites for hydroxylation is 1. The van der Waals surface area contributed by atoms with Crippen molar-refractivity contribution < 1.29 is 19.1 Å². The summed E-state index contributed by atoms with van der Waals surface area (Å²) in [6, 6.07) is 4.32. The van der Waals surface area contributed by atoms with Gasteiger partial charge in [-0.1, -0.05) is 12.8 Å². The van der Waals surface area contributed by atoms with Gasteiger partial charge in [0.1, 0.15) is 5.82 Å². The maximum Gasteiger partial charge on any atom is 0.307 e. The van der Waals surface area contributed by atoms with Gasteiger partial charge in [-0.05, 0) is 43.5 Å². The van der Waals surface area contributed by atoms with Crippen molar-refractivity contribution in [2.45, 2.75) is 32.6 Å². The van der Waals surface area contributed by atoms with E-state index in [9.17, 15) is 19.1 Å². The van der Waals surface area contributed by atoms with Crippen LogP contribution in [0.1, 0.15) is 31.2 Å². The Bertz CT molecular complexity index is 530. The van der Waals surface area contributed by atoms with Crippen LogP contribution in [0.2, 0.25) is 0 Å². The number of hydrogen-bond acceptors (Lipinski definition) is 2. The zero-order valence-corrected chi connectivity index (χ0v) is 11.4. The SMILES string of the molecule is Cc1cc(NC(=O)[C@@H]2CCCC[C@@H]2C(=O)O)ccc1F. The first-order valence-electron chi connectivity index (χ1n) is 6.79. The summed E-state index contributed by atoms with van der Waals surface area (Å²) in [6.45, 7) is 1.62. The van der Waals surface area contributed by atoms with E-state index < -0.39 is 17.8 Å². The van der Waals surface area contributed by atoms with Crippen LogP contribution in [0.15, 0.2) is 18.2 Å². The van der Waals surface area contributed by atoms with Gasteiger partial charge < -0.3 is 10.4 Å². The number of hydrogen-bond donors (Lipinski definition) is 2. The number of carboxylic acids is 1. The van der Waals surface area contributed by atoms with Crippen LogP contribution >= 0.6 is 0 Å². The van der Waals surface area contributed by atoms with Crippen LogP contribution in [-0.2, 0) is 9.59 Å². The first-order chi connectivity index (χ1) is 9.49. The van der Waals surface area contributed by atoms with Gasteiger partial charge in [0.25, 0.3) is 0 Å². The van der Waals surface area contributed by atoms with E-state index in [1.807, 2.05) is 0 Å². The van der Waals surface area contributed by atoms with Crippen LogP contribution in [0.4, 0.5) is 10.1 Å². The van der Waals surface area contributed by atoms with Crippen molar-refractivity contribution in [1.29, 1.82) is 0 Å². The largest absolute Gasteiger partial charge is 0.481 e. The second-order valence-electron chi connectivity index (χ2n) is 5.29. The molecule has 0 saturated heterocycles. The predicted octanol–water partition coefficient (Wildman–Crippen LogP) is 2.96. The normalized spacial score (nSPS) is 22.3. The minimum Gasteiger partial charge on any atom is -0.481 e. The van der Waals surface area contributed by atoms with Crippen LogP contribution < -0.4 is 5.32 Å². The fourth-order valence-electron chi connectivity index (χ4n) is 2.70. The lowest BCUT2D eigenvalue weighted by atomic mass is 9.78. The van der Waals surface area contributed by atoms with Crippen molar-refractivity contribution in [1.82, 2.24) is 0 Å². The van der Waals surface area contributed by atoms with Crippen molar-refractivity contribution in [2.75, 3.05) is 5.32 Å². The minimum atomic E-state index is -0.917. The molecule has 0 heterocycles. The quantitative estimate of drug-likeness (QED) is 0.894. The number of anilines is 1. The molecule has 1 fully saturated rings. The predicted molar refractivity (Wildman–Crippen MR) is 72.9 cm³/mol. The molecule has 0 aliphatic heterocycles. The molecule has 4 nitrogen and oxygen atoms in total. The lowest BCUT2D eigenvalue weighted by Crippen LogP contribution is -2.36. The first kappa shape index (κ1) is 14.5. The fraction of sp³-hybridized carbons (Fsp3) is 0.467. The van der Waals surface area contributed by atoms with E-state index in [4.69, 9.17) is 0 Å². The highest BCUT2D eigenvalue weighted by Crippen LogP contribution is 2.31. The van der Waals surface area contributed by atoms with Crippen LogP contribution in [0.5, 0.6) is 0 Å². The molecule has 0 unspecified atom stereocenters. The molecule has 1 aliphatic carbocycles. The monoisotopic (exact) mass is 279 g/mol. The van der Waals surface area contributed by atoms with Gasteiger partial charge in [-0.15, -0.1) is 0 Å². The Morgan fingerprint density at radius 3 is 2.50 bits per heavy atom. The summed E-state index contributed by atoms with van der Waals surface area (Å²) >= 11 is 0. The summed E-state index contributed by atoms with van der Waals surface area (Å²) in [7, 11) is 0. The molecule has 2 rings (SSSR count). The van der Waals surface area contributed by atoms with Crippen molar-refractivity contribution in [2.24, 2.45) is 11.8 Å². The Labute approximate surface area is 117 Å². The van der Waals surface area contributed by atoms with Gasteiger partial charge in [0.05, 0.1) is 11.8 Å². The molecule has 1 amide bonds. The number of carbonyl (C=O) groups excluding carboxylic acids is 1. The van der Waals surface area contributed by atoms with Crippen molar-refractivity contribution >= 4 is 17.6 Å². The van der Waals surface area contributed by atoms with Crippen LogP contribution in [0.25, 0.3) is 0 Å². The second kappa shape index (κ2) is 6.03. The number of rotatable bonds is 3. The first-order valence-corrected chi connectivity index (χ1v) is 6.79. The Balaban J connectivity index is 2.09. The third-order valence-electron chi connectivity index (χ3n) is 3.85. The maximum absolute atomic E-state index is 13.2. The number of amides is 1. The number of carbonyl (C=O) groups is 2. The van der Waals surface area contributed by atoms with E-state index >= 15 is 0 Å². The van der Waals surface area contributed by atoms with E-state index in [1.54, 1.807) is 13.0 Å². The Kier molecular flexibility index (Phi) is 4.37. The number of benzene rings is 1. The van der Waals surface area contributed by atoms with Gasteiger partial charge >= 0.3 is 5.97 Å². The molecule has 108 valence electrons. The van der Waals surface area contributed by atoms with Gasteiger partial charge in [-0.2, -0.15) is 0 Å². The Morgan fingerprint density at radius 2 is 1.90 bits per heavy atom. The van der Waals surface area contributed by atoms with Gasteiger partial charge in [-0.3, -0.25) is 9.59 Å². The molecule has 5 heteroatoms. The second-order valence-corrected chi connectivity index (χ2v) is 5.29. The zero-order chi connectivity index (χ0) is 14.7. The third-order valence-corrected chi connectivity index (χ3v) is 3.85. The summed E-state index contributed by atoms with van der Waals surface area (Å²) in [5.74, 6) is -2.66. The van der Waals surface area contributed by atoms with Crippen LogP contribution in [0.3, 0.4) is 0 Å². The molecule has 20 heavy (non-hydrogen) atoms. The van der Waals surface area contributed by atoms with Crippen LogP contribution in [-0.4, -0.2) is 17.0 Å². The summed E-state index contributed by atoms with van der Waals surface area (Å²) in [5.41, 5.74) is 0.949. The average molecular weight is 279 g/mol. The van der Waals surface area contributed by atoms with E-state index in [0.29, 0.717) is 24.1 Å². The summed E-state index contributed by atoms with van der Waals surface area (Å²) < 4.78 is 13.2. The van der Waals surface area contributed by atoms with Crippen molar-refractivity contribution in [3.05, 3.63) is 29.6 Å². The molecule has 0 radical (unpaired) electrons. The molecular formula is C15H18FNO3. The number of carboxylic acid groups (broad SMARTS) is 1. The highest BCUT2D eigenvalue weighted by molar-refractivity contribution is 5.95. The van der Waals surface area contributed by atoms with E-state index in [0.717, 1.165) is 12.8 Å². The number of nitrogens with one attached hydrogen (secondary N) is 1. The fourth-order valence-corrected chi connectivity index (χ4v) is 2.70. The lowest BCUT2D eigenvalue weighted by Gasteiger charge is -2.27. The van der Waals surface area contributed by atoms with Crippen LogP contribution in [0, 0.1) is 24.6 Å². The maximum atomic E-state index is 13.2. The van der Waals surface area contributed by atoms with Crippen molar-refractivity contribution in [3.8, 4) is 0 Å². The topological polar surface area (TPSA) is 66.4 Å². The average Bonchev–Trinajstić information content (AvgIpc) is 2.43. The van der Waals surface area contributed by atoms with E-state index in [2.05, 4.69) is 5.32 Å². The van der Waals surface area contributed by atoms with Gasteiger partial charge in [0.15, 0.2) is 0 Å². The minimum absolute atomic E-state index is 0.289. The smallest absolute Gasteiger partial charge is 0.307 e. The Morgan fingerprint density at radius 1 is 1.25 bits per heavy atom. The standard InChI is InChI=1S/C15H18FNO3/c1-9-8-10(6-7-13(9)16)17-14(18)11-4-2-3-5-12(11)15(19)20/h6-8,11-12H,2-5H2,1H3,(H,17,18)(H,19,20)/t11-,12+/m1/s1. The third kappa shape index (κ3) is 3.15. The Hall–Kier alpha value is -1.91. The molecule has 0 bridgehead atoms. The highest BCUT2D eigenvalue weighted by Gasteiger charge is 2.35. The number of halogens is 1. The van der Waals surface area contributed by atoms with Gasteiger partial charge in [-0.25, -0.2) is 4.39 Å². The van der Waals surface area contributed by atoms with Gasteiger partial charge in [0, 0.05) is 5.69 Å². The van der Waals surface area contributed by atoms with Gasteiger partial charge in [0.2, 0.25) is 5.91 Å². The zero-order valence-electron chi connectivity index (χ0n) is 11.4. The van der Waals surface area contributed by atoms with Crippen molar-refractivity contribution in [3.63, 3.8) is 0 Å². The number of aliphatic carboxylic acids is 1. The van der Waals surface area contributed by atoms with E-state index in [-0.39, 0.29) is 11.7 Å². The molecule has 2 N–H and O–H groups in total. The highest BCUT2D eigenvalue weighted by atomic mass is 19.1. The molecule has 1 aromatic carbocycles. The molecule has 1 aromatic rings.